The summed E-state index contributed by atoms with van der Waals surface area (Å²) in [5, 5.41) is 2.89. The highest BCUT2D eigenvalue weighted by Crippen LogP contribution is 2.07. The van der Waals surface area contributed by atoms with Crippen LogP contribution < -0.4 is 5.32 Å². The standard InChI is InChI=1S/C14H19N3O/c1-3-4-5-7-15-14(18)12-10-17-8-6-11(2)9-13(17)16-12/h6,8-10H,3-5,7H2,1-2H3,(H,15,18). The van der Waals surface area contributed by atoms with Gasteiger partial charge < -0.3 is 9.72 Å². The molecule has 0 aliphatic carbocycles. The van der Waals surface area contributed by atoms with Crippen LogP contribution in [0.4, 0.5) is 0 Å². The van der Waals surface area contributed by atoms with Crippen LogP contribution in [0.3, 0.4) is 0 Å². The van der Waals surface area contributed by atoms with Gasteiger partial charge in [0.05, 0.1) is 0 Å². The summed E-state index contributed by atoms with van der Waals surface area (Å²) < 4.78 is 1.87. The van der Waals surface area contributed by atoms with Gasteiger partial charge in [0.1, 0.15) is 11.3 Å². The SMILES string of the molecule is CCCCCNC(=O)c1cn2ccc(C)cc2n1. The molecule has 0 saturated heterocycles. The number of unbranched alkanes of at least 4 members (excludes halogenated alkanes) is 2. The maximum atomic E-state index is 11.9. The molecule has 0 spiro atoms. The van der Waals surface area contributed by atoms with Crippen molar-refractivity contribution in [1.29, 1.82) is 0 Å². The minimum absolute atomic E-state index is 0.0903. The second kappa shape index (κ2) is 5.67. The van der Waals surface area contributed by atoms with Gasteiger partial charge in [-0.15, -0.1) is 0 Å². The molecule has 0 aliphatic heterocycles. The summed E-state index contributed by atoms with van der Waals surface area (Å²) in [6, 6.07) is 3.96. The molecule has 0 fully saturated rings. The third kappa shape index (κ3) is 2.88. The van der Waals surface area contributed by atoms with Crippen molar-refractivity contribution in [3.63, 3.8) is 0 Å². The summed E-state index contributed by atoms with van der Waals surface area (Å²) in [5.41, 5.74) is 2.44. The molecule has 0 radical (unpaired) electrons. The van der Waals surface area contributed by atoms with Crippen LogP contribution in [-0.2, 0) is 0 Å². The zero-order valence-electron chi connectivity index (χ0n) is 10.9. The van der Waals surface area contributed by atoms with Crippen LogP contribution in [0, 0.1) is 6.92 Å². The van der Waals surface area contributed by atoms with E-state index in [1.165, 1.54) is 0 Å². The van der Waals surface area contributed by atoms with Gasteiger partial charge in [-0.25, -0.2) is 4.98 Å². The van der Waals surface area contributed by atoms with E-state index in [1.807, 2.05) is 29.7 Å². The lowest BCUT2D eigenvalue weighted by Gasteiger charge is -2.01. The third-order valence-electron chi connectivity index (χ3n) is 2.91. The van der Waals surface area contributed by atoms with Crippen molar-refractivity contribution < 1.29 is 4.79 Å². The van der Waals surface area contributed by atoms with Crippen LogP contribution in [0.25, 0.3) is 5.65 Å². The molecule has 1 N–H and O–H groups in total. The highest BCUT2D eigenvalue weighted by atomic mass is 16.1. The molecule has 96 valence electrons. The molecule has 0 bridgehead atoms. The van der Waals surface area contributed by atoms with Crippen molar-refractivity contribution in [2.75, 3.05) is 6.54 Å². The summed E-state index contributed by atoms with van der Waals surface area (Å²) in [6.45, 7) is 4.88. The summed E-state index contributed by atoms with van der Waals surface area (Å²) in [4.78, 5) is 16.2. The topological polar surface area (TPSA) is 46.4 Å². The van der Waals surface area contributed by atoms with E-state index in [0.29, 0.717) is 5.69 Å². The van der Waals surface area contributed by atoms with E-state index in [4.69, 9.17) is 0 Å². The van der Waals surface area contributed by atoms with Gasteiger partial charge in [-0.3, -0.25) is 4.79 Å². The summed E-state index contributed by atoms with van der Waals surface area (Å²) in [7, 11) is 0. The van der Waals surface area contributed by atoms with Crippen LogP contribution in [0.2, 0.25) is 0 Å². The van der Waals surface area contributed by atoms with E-state index < -0.39 is 0 Å². The minimum Gasteiger partial charge on any atom is -0.351 e. The molecule has 0 unspecified atom stereocenters. The molecule has 18 heavy (non-hydrogen) atoms. The van der Waals surface area contributed by atoms with E-state index in [-0.39, 0.29) is 5.91 Å². The fourth-order valence-electron chi connectivity index (χ4n) is 1.86. The molecule has 2 heterocycles. The van der Waals surface area contributed by atoms with Crippen molar-refractivity contribution in [1.82, 2.24) is 14.7 Å². The molecule has 0 atom stereocenters. The van der Waals surface area contributed by atoms with Crippen LogP contribution in [0.15, 0.2) is 24.5 Å². The van der Waals surface area contributed by atoms with Gasteiger partial charge >= 0.3 is 0 Å². The molecule has 2 rings (SSSR count). The average molecular weight is 245 g/mol. The monoisotopic (exact) mass is 245 g/mol. The molecule has 2 aromatic heterocycles. The summed E-state index contributed by atoms with van der Waals surface area (Å²) >= 11 is 0. The number of pyridine rings is 1. The van der Waals surface area contributed by atoms with Gasteiger partial charge in [0.15, 0.2) is 0 Å². The number of aromatic nitrogens is 2. The average Bonchev–Trinajstić information content (AvgIpc) is 2.77. The van der Waals surface area contributed by atoms with E-state index in [1.54, 1.807) is 6.20 Å². The number of hydrogen-bond acceptors (Lipinski definition) is 2. The van der Waals surface area contributed by atoms with Gasteiger partial charge in [0.25, 0.3) is 5.91 Å². The lowest BCUT2D eigenvalue weighted by atomic mass is 10.2. The van der Waals surface area contributed by atoms with Gasteiger partial charge in [-0.2, -0.15) is 0 Å². The fraction of sp³-hybridized carbons (Fsp3) is 0.429. The van der Waals surface area contributed by atoms with E-state index in [0.717, 1.165) is 37.0 Å². The Hall–Kier alpha value is -1.84. The largest absolute Gasteiger partial charge is 0.351 e. The van der Waals surface area contributed by atoms with E-state index in [9.17, 15) is 4.79 Å². The normalized spacial score (nSPS) is 10.8. The Bertz CT molecular complexity index is 545. The van der Waals surface area contributed by atoms with Gasteiger partial charge in [-0.1, -0.05) is 19.8 Å². The smallest absolute Gasteiger partial charge is 0.271 e. The van der Waals surface area contributed by atoms with Crippen molar-refractivity contribution in [3.05, 3.63) is 35.8 Å². The molecular weight excluding hydrogens is 226 g/mol. The number of aryl methyl sites for hydroxylation is 1. The number of imidazole rings is 1. The summed E-state index contributed by atoms with van der Waals surface area (Å²) in [5.74, 6) is -0.0903. The zero-order chi connectivity index (χ0) is 13.0. The van der Waals surface area contributed by atoms with Gasteiger partial charge in [-0.05, 0) is 31.0 Å². The predicted octanol–water partition coefficient (Wildman–Crippen LogP) is 2.56. The number of carbonyl (C=O) groups excluding carboxylic acids is 1. The first kappa shape index (κ1) is 12.6. The number of carbonyl (C=O) groups is 1. The molecule has 1 amide bonds. The molecule has 4 nitrogen and oxygen atoms in total. The fourth-order valence-corrected chi connectivity index (χ4v) is 1.86. The summed E-state index contributed by atoms with van der Waals surface area (Å²) in [6.07, 6.45) is 7.01. The number of fused-ring (bicyclic) bond motifs is 1. The first-order valence-electron chi connectivity index (χ1n) is 6.44. The quantitative estimate of drug-likeness (QED) is 0.823. The highest BCUT2D eigenvalue weighted by Gasteiger charge is 2.09. The van der Waals surface area contributed by atoms with Crippen LogP contribution in [0.5, 0.6) is 0 Å². The Morgan fingerprint density at radius 1 is 1.44 bits per heavy atom. The first-order valence-corrected chi connectivity index (χ1v) is 6.44. The van der Waals surface area contributed by atoms with E-state index in [2.05, 4.69) is 17.2 Å². The number of nitrogens with zero attached hydrogens (tertiary/aromatic N) is 2. The molecule has 0 saturated carbocycles. The highest BCUT2D eigenvalue weighted by molar-refractivity contribution is 5.92. The molecule has 2 aromatic rings. The molecule has 0 aromatic carbocycles. The maximum Gasteiger partial charge on any atom is 0.271 e. The molecule has 0 aliphatic rings. The van der Waals surface area contributed by atoms with Crippen LogP contribution in [0.1, 0.15) is 42.2 Å². The second-order valence-corrected chi connectivity index (χ2v) is 4.56. The van der Waals surface area contributed by atoms with Gasteiger partial charge in [0.2, 0.25) is 0 Å². The van der Waals surface area contributed by atoms with Crippen molar-refractivity contribution in [2.24, 2.45) is 0 Å². The van der Waals surface area contributed by atoms with Gasteiger partial charge in [0, 0.05) is 18.9 Å². The number of rotatable bonds is 5. The zero-order valence-corrected chi connectivity index (χ0v) is 10.9. The van der Waals surface area contributed by atoms with E-state index >= 15 is 0 Å². The first-order chi connectivity index (χ1) is 8.70. The van der Waals surface area contributed by atoms with Crippen LogP contribution in [-0.4, -0.2) is 21.8 Å². The Balaban J connectivity index is 2.04. The Morgan fingerprint density at radius 3 is 3.06 bits per heavy atom. The maximum absolute atomic E-state index is 11.9. The Morgan fingerprint density at radius 2 is 2.28 bits per heavy atom. The second-order valence-electron chi connectivity index (χ2n) is 4.56. The molecule has 4 heteroatoms. The lowest BCUT2D eigenvalue weighted by molar-refractivity contribution is 0.0948. The van der Waals surface area contributed by atoms with Crippen molar-refractivity contribution in [3.8, 4) is 0 Å². The number of nitrogens with one attached hydrogen (secondary N) is 1. The number of hydrogen-bond donors (Lipinski definition) is 1. The number of amides is 1. The Labute approximate surface area is 107 Å². The van der Waals surface area contributed by atoms with Crippen molar-refractivity contribution >= 4 is 11.6 Å². The lowest BCUT2D eigenvalue weighted by Crippen LogP contribution is -2.24. The Kier molecular flexibility index (Phi) is 3.97. The predicted molar refractivity (Wildman–Crippen MR) is 71.8 cm³/mol. The van der Waals surface area contributed by atoms with Crippen LogP contribution >= 0.6 is 0 Å². The van der Waals surface area contributed by atoms with Crippen molar-refractivity contribution in [2.45, 2.75) is 33.1 Å². The molecular formula is C14H19N3O. The minimum atomic E-state index is -0.0903. The third-order valence-corrected chi connectivity index (χ3v) is 2.91.